The van der Waals surface area contributed by atoms with Gasteiger partial charge in [-0.2, -0.15) is 0 Å². The fraction of sp³-hybridized carbons (Fsp3) is 0. The van der Waals surface area contributed by atoms with Crippen molar-refractivity contribution in [2.75, 3.05) is 5.32 Å². The first-order valence-electron chi connectivity index (χ1n) is 5.46. The zero-order chi connectivity index (χ0) is 13.8. The van der Waals surface area contributed by atoms with Crippen molar-refractivity contribution in [3.8, 4) is 0 Å². The molecule has 0 heterocycles. The van der Waals surface area contributed by atoms with E-state index in [1.807, 2.05) is 30.3 Å². The van der Waals surface area contributed by atoms with Gasteiger partial charge in [0, 0.05) is 22.3 Å². The Morgan fingerprint density at radius 1 is 1.05 bits per heavy atom. The summed E-state index contributed by atoms with van der Waals surface area (Å²) in [5.41, 5.74) is 0.620. The van der Waals surface area contributed by atoms with Crippen LogP contribution in [-0.4, -0.2) is 17.0 Å². The Morgan fingerprint density at radius 3 is 2.47 bits per heavy atom. The van der Waals surface area contributed by atoms with Crippen LogP contribution in [-0.2, 0) is 9.59 Å². The van der Waals surface area contributed by atoms with E-state index in [4.69, 9.17) is 5.11 Å². The molecule has 0 fully saturated rings. The number of halogens is 1. The van der Waals surface area contributed by atoms with Gasteiger partial charge in [0.2, 0.25) is 5.91 Å². The SMILES string of the molecule is O=C(O)/C=C/C(=O)Nc1ccc2cc(Br)ccc2c1. The zero-order valence-electron chi connectivity index (χ0n) is 9.76. The molecule has 1 amide bonds. The average Bonchev–Trinajstić information content (AvgIpc) is 2.36. The van der Waals surface area contributed by atoms with Crippen LogP contribution in [0, 0.1) is 0 Å². The Hall–Kier alpha value is -2.14. The molecule has 0 spiro atoms. The molecule has 0 saturated heterocycles. The van der Waals surface area contributed by atoms with Gasteiger partial charge in [-0.05, 0) is 35.0 Å². The molecule has 0 atom stereocenters. The lowest BCUT2D eigenvalue weighted by Gasteiger charge is -2.04. The summed E-state index contributed by atoms with van der Waals surface area (Å²) < 4.78 is 0.987. The van der Waals surface area contributed by atoms with E-state index in [-0.39, 0.29) is 0 Å². The lowest BCUT2D eigenvalue weighted by molar-refractivity contribution is -0.131. The first-order chi connectivity index (χ1) is 9.04. The number of carboxylic acids is 1. The number of aliphatic carboxylic acids is 1. The Kier molecular flexibility index (Phi) is 3.97. The van der Waals surface area contributed by atoms with Crippen molar-refractivity contribution in [3.05, 3.63) is 53.0 Å². The summed E-state index contributed by atoms with van der Waals surface area (Å²) in [6, 6.07) is 11.3. The fourth-order valence-electron chi connectivity index (χ4n) is 1.63. The van der Waals surface area contributed by atoms with Crippen molar-refractivity contribution in [3.63, 3.8) is 0 Å². The summed E-state index contributed by atoms with van der Waals surface area (Å²) in [6.45, 7) is 0. The number of carbonyl (C=O) groups excluding carboxylic acids is 1. The van der Waals surface area contributed by atoms with Crippen molar-refractivity contribution in [2.45, 2.75) is 0 Å². The van der Waals surface area contributed by atoms with Crippen LogP contribution in [0.3, 0.4) is 0 Å². The van der Waals surface area contributed by atoms with Crippen LogP contribution in [0.1, 0.15) is 0 Å². The maximum absolute atomic E-state index is 11.4. The summed E-state index contributed by atoms with van der Waals surface area (Å²) in [5, 5.41) is 13.1. The van der Waals surface area contributed by atoms with Gasteiger partial charge < -0.3 is 10.4 Å². The molecule has 0 bridgehead atoms. The van der Waals surface area contributed by atoms with Crippen LogP contribution in [0.25, 0.3) is 10.8 Å². The minimum Gasteiger partial charge on any atom is -0.478 e. The highest BCUT2D eigenvalue weighted by Crippen LogP contribution is 2.22. The predicted octanol–water partition coefficient (Wildman–Crippen LogP) is 3.18. The van der Waals surface area contributed by atoms with Gasteiger partial charge in [0.15, 0.2) is 0 Å². The molecule has 0 unspecified atom stereocenters. The molecule has 0 aliphatic rings. The number of anilines is 1. The quantitative estimate of drug-likeness (QED) is 0.854. The molecular formula is C14H10BrNO3. The van der Waals surface area contributed by atoms with E-state index in [1.165, 1.54) is 0 Å². The maximum Gasteiger partial charge on any atom is 0.328 e. The monoisotopic (exact) mass is 319 g/mol. The van der Waals surface area contributed by atoms with Crippen molar-refractivity contribution in [2.24, 2.45) is 0 Å². The van der Waals surface area contributed by atoms with Crippen LogP contribution in [0.4, 0.5) is 5.69 Å². The van der Waals surface area contributed by atoms with E-state index in [1.54, 1.807) is 6.07 Å². The van der Waals surface area contributed by atoms with Crippen LogP contribution in [0.15, 0.2) is 53.0 Å². The van der Waals surface area contributed by atoms with Crippen LogP contribution < -0.4 is 5.32 Å². The largest absolute Gasteiger partial charge is 0.478 e. The summed E-state index contributed by atoms with van der Waals surface area (Å²) >= 11 is 3.39. The molecule has 4 nitrogen and oxygen atoms in total. The number of fused-ring (bicyclic) bond motifs is 1. The maximum atomic E-state index is 11.4. The smallest absolute Gasteiger partial charge is 0.328 e. The van der Waals surface area contributed by atoms with E-state index < -0.39 is 11.9 Å². The molecule has 0 aromatic heterocycles. The van der Waals surface area contributed by atoms with Gasteiger partial charge in [0.25, 0.3) is 0 Å². The topological polar surface area (TPSA) is 66.4 Å². The first-order valence-corrected chi connectivity index (χ1v) is 6.25. The minimum absolute atomic E-state index is 0.473. The van der Waals surface area contributed by atoms with E-state index in [2.05, 4.69) is 21.2 Å². The molecular weight excluding hydrogens is 310 g/mol. The van der Waals surface area contributed by atoms with Gasteiger partial charge in [-0.15, -0.1) is 0 Å². The normalized spacial score (nSPS) is 10.8. The highest BCUT2D eigenvalue weighted by Gasteiger charge is 2.01. The standard InChI is InChI=1S/C14H10BrNO3/c15-11-3-1-10-8-12(4-2-9(10)7-11)16-13(17)5-6-14(18)19/h1-8H,(H,16,17)(H,18,19)/b6-5+. The summed E-state index contributed by atoms with van der Waals surface area (Å²) in [6.07, 6.45) is 1.78. The van der Waals surface area contributed by atoms with Gasteiger partial charge in [-0.1, -0.05) is 28.1 Å². The first kappa shape index (κ1) is 13.3. The number of hydrogen-bond acceptors (Lipinski definition) is 2. The van der Waals surface area contributed by atoms with Crippen LogP contribution in [0.5, 0.6) is 0 Å². The summed E-state index contributed by atoms with van der Waals surface area (Å²) in [5.74, 6) is -1.63. The van der Waals surface area contributed by atoms with Crippen LogP contribution in [0.2, 0.25) is 0 Å². The van der Waals surface area contributed by atoms with E-state index in [9.17, 15) is 9.59 Å². The van der Waals surface area contributed by atoms with Crippen molar-refractivity contribution in [1.82, 2.24) is 0 Å². The Balaban J connectivity index is 2.20. The number of benzene rings is 2. The van der Waals surface area contributed by atoms with Gasteiger partial charge in [0.05, 0.1) is 0 Å². The number of carbonyl (C=O) groups is 2. The molecule has 0 aliphatic carbocycles. The van der Waals surface area contributed by atoms with Gasteiger partial charge in [0.1, 0.15) is 0 Å². The Morgan fingerprint density at radius 2 is 1.74 bits per heavy atom. The number of hydrogen-bond donors (Lipinski definition) is 2. The second-order valence-electron chi connectivity index (χ2n) is 3.87. The predicted molar refractivity (Wildman–Crippen MR) is 77.1 cm³/mol. The Bertz CT molecular complexity index is 679. The van der Waals surface area contributed by atoms with Crippen molar-refractivity contribution < 1.29 is 14.7 Å². The molecule has 0 aliphatic heterocycles. The number of amides is 1. The number of nitrogens with one attached hydrogen (secondary N) is 1. The highest BCUT2D eigenvalue weighted by molar-refractivity contribution is 9.10. The van der Waals surface area contributed by atoms with Crippen LogP contribution >= 0.6 is 15.9 Å². The molecule has 2 aromatic rings. The second kappa shape index (κ2) is 5.67. The summed E-state index contributed by atoms with van der Waals surface area (Å²) in [7, 11) is 0. The van der Waals surface area contributed by atoms with Crippen molar-refractivity contribution in [1.29, 1.82) is 0 Å². The minimum atomic E-state index is -1.15. The lowest BCUT2D eigenvalue weighted by atomic mass is 10.1. The molecule has 96 valence electrons. The van der Waals surface area contributed by atoms with Gasteiger partial charge >= 0.3 is 5.97 Å². The van der Waals surface area contributed by atoms with Crippen molar-refractivity contribution >= 4 is 44.3 Å². The third kappa shape index (κ3) is 3.66. The highest BCUT2D eigenvalue weighted by atomic mass is 79.9. The molecule has 0 radical (unpaired) electrons. The van der Waals surface area contributed by atoms with Gasteiger partial charge in [-0.25, -0.2) is 4.79 Å². The third-order valence-electron chi connectivity index (χ3n) is 2.45. The van der Waals surface area contributed by atoms with E-state index >= 15 is 0 Å². The third-order valence-corrected chi connectivity index (χ3v) is 2.94. The molecule has 2 N–H and O–H groups in total. The lowest BCUT2D eigenvalue weighted by Crippen LogP contribution is -2.08. The number of rotatable bonds is 3. The fourth-order valence-corrected chi connectivity index (χ4v) is 2.00. The summed E-state index contributed by atoms with van der Waals surface area (Å²) in [4.78, 5) is 21.7. The molecule has 19 heavy (non-hydrogen) atoms. The second-order valence-corrected chi connectivity index (χ2v) is 4.78. The van der Waals surface area contributed by atoms with E-state index in [0.29, 0.717) is 5.69 Å². The zero-order valence-corrected chi connectivity index (χ0v) is 11.3. The Labute approximate surface area is 117 Å². The molecule has 2 rings (SSSR count). The van der Waals surface area contributed by atoms with E-state index in [0.717, 1.165) is 27.4 Å². The van der Waals surface area contributed by atoms with Gasteiger partial charge in [-0.3, -0.25) is 4.79 Å². The average molecular weight is 320 g/mol. The number of carboxylic acid groups (broad SMARTS) is 1. The molecule has 2 aromatic carbocycles. The molecule has 5 heteroatoms. The molecule has 0 saturated carbocycles.